The van der Waals surface area contributed by atoms with Gasteiger partial charge in [0.1, 0.15) is 0 Å². The maximum atomic E-state index is 12.9. The van der Waals surface area contributed by atoms with Gasteiger partial charge in [0.2, 0.25) is 0 Å². The van der Waals surface area contributed by atoms with Gasteiger partial charge in [-0.3, -0.25) is 14.5 Å². The van der Waals surface area contributed by atoms with E-state index in [1.165, 1.54) is 4.90 Å². The van der Waals surface area contributed by atoms with Crippen LogP contribution < -0.4 is 0 Å². The third kappa shape index (κ3) is 3.93. The Morgan fingerprint density at radius 1 is 0.967 bits per heavy atom. The largest absolute Gasteiger partial charge is 0.318 e. The normalized spacial score (nSPS) is 15.5. The van der Waals surface area contributed by atoms with Crippen molar-refractivity contribution in [2.45, 2.75) is 20.4 Å². The third-order valence-electron chi connectivity index (χ3n) is 4.97. The Labute approximate surface area is 189 Å². The monoisotopic (exact) mass is 456 g/mol. The molecule has 1 saturated heterocycles. The number of para-hydroxylation sites is 1. The second-order valence-electron chi connectivity index (χ2n) is 7.01. The summed E-state index contributed by atoms with van der Waals surface area (Å²) in [6, 6.07) is 17.1. The fourth-order valence-corrected chi connectivity index (χ4v) is 4.66. The molecule has 4 rings (SSSR count). The van der Waals surface area contributed by atoms with Gasteiger partial charge in [-0.15, -0.1) is 0 Å². The lowest BCUT2D eigenvalue weighted by Crippen LogP contribution is -2.27. The quantitative estimate of drug-likeness (QED) is 0.413. The fraction of sp³-hybridized carbons (Fsp3) is 0.130. The number of thioether (sulfide) groups is 1. The van der Waals surface area contributed by atoms with E-state index < -0.39 is 0 Å². The van der Waals surface area contributed by atoms with E-state index in [9.17, 15) is 9.59 Å². The lowest BCUT2D eigenvalue weighted by molar-refractivity contribution is -0.123. The number of amides is 2. The molecule has 7 heteroatoms. The molecule has 0 saturated carbocycles. The molecule has 0 radical (unpaired) electrons. The van der Waals surface area contributed by atoms with Gasteiger partial charge in [-0.25, -0.2) is 0 Å². The summed E-state index contributed by atoms with van der Waals surface area (Å²) in [4.78, 5) is 27.0. The van der Waals surface area contributed by atoms with Crippen LogP contribution in [0.3, 0.4) is 0 Å². The number of halogens is 2. The fourth-order valence-electron chi connectivity index (χ4n) is 3.51. The van der Waals surface area contributed by atoms with E-state index in [1.807, 2.05) is 50.2 Å². The first kappa shape index (κ1) is 20.8. The van der Waals surface area contributed by atoms with Crippen molar-refractivity contribution in [3.8, 4) is 5.69 Å². The average molecular weight is 457 g/mol. The zero-order valence-electron chi connectivity index (χ0n) is 16.4. The van der Waals surface area contributed by atoms with Crippen molar-refractivity contribution >= 4 is 52.2 Å². The van der Waals surface area contributed by atoms with Crippen LogP contribution in [0.15, 0.2) is 59.5 Å². The molecule has 0 aliphatic carbocycles. The minimum absolute atomic E-state index is 0.155. The van der Waals surface area contributed by atoms with Crippen LogP contribution in [0, 0.1) is 13.8 Å². The van der Waals surface area contributed by atoms with Crippen LogP contribution in [0.2, 0.25) is 10.0 Å². The average Bonchev–Trinajstić information content (AvgIpc) is 3.15. The van der Waals surface area contributed by atoms with Crippen LogP contribution >= 0.6 is 35.0 Å². The van der Waals surface area contributed by atoms with Crippen LogP contribution in [-0.2, 0) is 11.3 Å². The van der Waals surface area contributed by atoms with E-state index in [1.54, 1.807) is 24.3 Å². The van der Waals surface area contributed by atoms with E-state index >= 15 is 0 Å². The predicted octanol–water partition coefficient (Wildman–Crippen LogP) is 6.64. The van der Waals surface area contributed by atoms with Gasteiger partial charge in [0.15, 0.2) is 0 Å². The van der Waals surface area contributed by atoms with Crippen molar-refractivity contribution in [1.29, 1.82) is 0 Å². The molecular formula is C23H18Cl2N2O2S. The van der Waals surface area contributed by atoms with Crippen LogP contribution in [0.1, 0.15) is 22.5 Å². The molecule has 0 bridgehead atoms. The molecule has 30 heavy (non-hydrogen) atoms. The Hall–Kier alpha value is -2.47. The number of aromatic nitrogens is 1. The molecule has 1 fully saturated rings. The SMILES string of the molecule is Cc1cc(/C=C2\SC(=O)N(Cc3ccc(Cl)c(Cl)c3)C2=O)c(C)n1-c1ccccc1. The van der Waals surface area contributed by atoms with E-state index in [2.05, 4.69) is 4.57 Å². The first-order valence-corrected chi connectivity index (χ1v) is 10.9. The molecule has 0 unspecified atom stereocenters. The molecule has 1 aromatic heterocycles. The van der Waals surface area contributed by atoms with E-state index in [0.29, 0.717) is 15.0 Å². The molecule has 0 N–H and O–H groups in total. The van der Waals surface area contributed by atoms with Gasteiger partial charge >= 0.3 is 0 Å². The summed E-state index contributed by atoms with van der Waals surface area (Å²) in [6.07, 6.45) is 1.79. The molecule has 0 spiro atoms. The highest BCUT2D eigenvalue weighted by molar-refractivity contribution is 8.18. The molecule has 1 aliphatic heterocycles. The molecule has 4 nitrogen and oxygen atoms in total. The molecule has 0 atom stereocenters. The van der Waals surface area contributed by atoms with Gasteiger partial charge in [-0.2, -0.15) is 0 Å². The third-order valence-corrected chi connectivity index (χ3v) is 6.62. The number of carbonyl (C=O) groups excluding carboxylic acids is 2. The second kappa shape index (κ2) is 8.34. The van der Waals surface area contributed by atoms with Crippen molar-refractivity contribution in [3.05, 3.63) is 92.1 Å². The smallest absolute Gasteiger partial charge is 0.293 e. The highest BCUT2D eigenvalue weighted by Gasteiger charge is 2.35. The minimum atomic E-state index is -0.305. The summed E-state index contributed by atoms with van der Waals surface area (Å²) in [6.45, 7) is 4.18. The number of imide groups is 1. The zero-order valence-corrected chi connectivity index (χ0v) is 18.7. The van der Waals surface area contributed by atoms with Crippen LogP contribution in [-0.4, -0.2) is 20.6 Å². The number of hydrogen-bond acceptors (Lipinski definition) is 3. The molecule has 2 heterocycles. The summed E-state index contributed by atoms with van der Waals surface area (Å²) in [5, 5.41) is 0.530. The van der Waals surface area contributed by atoms with Crippen molar-refractivity contribution < 1.29 is 9.59 Å². The molecular weight excluding hydrogens is 439 g/mol. The van der Waals surface area contributed by atoms with Gasteiger partial charge in [0.05, 0.1) is 21.5 Å². The van der Waals surface area contributed by atoms with Crippen molar-refractivity contribution in [2.24, 2.45) is 0 Å². The lowest BCUT2D eigenvalue weighted by Gasteiger charge is -2.13. The van der Waals surface area contributed by atoms with Gasteiger partial charge in [-0.05, 0) is 73.1 Å². The molecule has 3 aromatic rings. The highest BCUT2D eigenvalue weighted by Crippen LogP contribution is 2.35. The molecule has 1 aliphatic rings. The van der Waals surface area contributed by atoms with Crippen molar-refractivity contribution in [2.75, 3.05) is 0 Å². The number of rotatable bonds is 4. The first-order chi connectivity index (χ1) is 14.3. The maximum Gasteiger partial charge on any atom is 0.293 e. The Kier molecular flexibility index (Phi) is 5.78. The number of benzene rings is 2. The van der Waals surface area contributed by atoms with E-state index in [-0.39, 0.29) is 17.7 Å². The number of aryl methyl sites for hydroxylation is 1. The van der Waals surface area contributed by atoms with Crippen LogP contribution in [0.4, 0.5) is 4.79 Å². The lowest BCUT2D eigenvalue weighted by atomic mass is 10.2. The van der Waals surface area contributed by atoms with Crippen LogP contribution in [0.25, 0.3) is 11.8 Å². The summed E-state index contributed by atoms with van der Waals surface area (Å²) >= 11 is 13.0. The highest BCUT2D eigenvalue weighted by atomic mass is 35.5. The Morgan fingerprint density at radius 3 is 2.40 bits per heavy atom. The number of carbonyl (C=O) groups is 2. The van der Waals surface area contributed by atoms with Gasteiger partial charge in [0.25, 0.3) is 11.1 Å². The summed E-state index contributed by atoms with van der Waals surface area (Å²) in [5.41, 5.74) is 4.78. The molecule has 2 aromatic carbocycles. The van der Waals surface area contributed by atoms with E-state index in [4.69, 9.17) is 23.2 Å². The summed E-state index contributed by atoms with van der Waals surface area (Å²) in [5.74, 6) is -0.305. The standard InChI is InChI=1S/C23H18Cl2N2O2S/c1-14-10-17(15(2)27(14)18-6-4-3-5-7-18)12-21-22(28)26(23(29)30-21)13-16-8-9-19(24)20(25)11-16/h3-12H,13H2,1-2H3/b21-12-. The number of nitrogens with zero attached hydrogens (tertiary/aromatic N) is 2. The predicted molar refractivity (Wildman–Crippen MR) is 123 cm³/mol. The van der Waals surface area contributed by atoms with E-state index in [0.717, 1.165) is 40.0 Å². The maximum absolute atomic E-state index is 12.9. The topological polar surface area (TPSA) is 42.3 Å². The number of hydrogen-bond donors (Lipinski definition) is 0. The van der Waals surface area contributed by atoms with Crippen LogP contribution in [0.5, 0.6) is 0 Å². The zero-order chi connectivity index (χ0) is 21.4. The molecule has 152 valence electrons. The van der Waals surface area contributed by atoms with Crippen molar-refractivity contribution in [1.82, 2.24) is 9.47 Å². The Morgan fingerprint density at radius 2 is 1.70 bits per heavy atom. The first-order valence-electron chi connectivity index (χ1n) is 9.29. The minimum Gasteiger partial charge on any atom is -0.318 e. The Balaban J connectivity index is 1.62. The van der Waals surface area contributed by atoms with Crippen molar-refractivity contribution in [3.63, 3.8) is 0 Å². The van der Waals surface area contributed by atoms with Gasteiger partial charge in [-0.1, -0.05) is 47.5 Å². The summed E-state index contributed by atoms with van der Waals surface area (Å²) in [7, 11) is 0. The summed E-state index contributed by atoms with van der Waals surface area (Å²) < 4.78 is 2.13. The van der Waals surface area contributed by atoms with Gasteiger partial charge < -0.3 is 4.57 Å². The second-order valence-corrected chi connectivity index (χ2v) is 8.82. The van der Waals surface area contributed by atoms with Gasteiger partial charge in [0, 0.05) is 17.1 Å². The molecule has 2 amide bonds. The Bertz CT molecular complexity index is 1190.